The minimum absolute atomic E-state index is 0.129. The van der Waals surface area contributed by atoms with Crippen LogP contribution in [0.2, 0.25) is 0 Å². The van der Waals surface area contributed by atoms with Gasteiger partial charge in [0.05, 0.1) is 6.54 Å². The van der Waals surface area contributed by atoms with Crippen LogP contribution < -0.4 is 10.6 Å². The van der Waals surface area contributed by atoms with Crippen molar-refractivity contribution in [3.05, 3.63) is 17.5 Å². The van der Waals surface area contributed by atoms with Crippen LogP contribution in [0.4, 0.5) is 0 Å². The number of carbonyl (C=O) groups is 3. The zero-order valence-electron chi connectivity index (χ0n) is 22.9. The molecule has 0 unspecified atom stereocenters. The van der Waals surface area contributed by atoms with Crippen LogP contribution in [-0.4, -0.2) is 106 Å². The Hall–Kier alpha value is -2.46. The number of rotatable bonds is 11. The predicted molar refractivity (Wildman–Crippen MR) is 142 cm³/mol. The summed E-state index contributed by atoms with van der Waals surface area (Å²) < 4.78 is 1.56. The quantitative estimate of drug-likeness (QED) is 0.435. The molecule has 1 saturated heterocycles. The first-order valence-electron chi connectivity index (χ1n) is 14.3. The van der Waals surface area contributed by atoms with Crippen molar-refractivity contribution in [3.8, 4) is 0 Å². The van der Waals surface area contributed by atoms with Gasteiger partial charge in [0, 0.05) is 51.4 Å². The number of hydrogen-bond donors (Lipinski definition) is 2. The molecule has 37 heavy (non-hydrogen) atoms. The van der Waals surface area contributed by atoms with Crippen molar-refractivity contribution in [2.45, 2.75) is 83.8 Å². The minimum atomic E-state index is -1.04. The maximum atomic E-state index is 13.5. The summed E-state index contributed by atoms with van der Waals surface area (Å²) in [5, 5.41) is 10.6. The maximum Gasteiger partial charge on any atom is 0.273 e. The van der Waals surface area contributed by atoms with E-state index in [0.29, 0.717) is 18.8 Å². The molecule has 206 valence electrons. The molecule has 0 aromatic carbocycles. The second-order valence-electron chi connectivity index (χ2n) is 11.0. The van der Waals surface area contributed by atoms with E-state index in [1.165, 1.54) is 0 Å². The van der Waals surface area contributed by atoms with Gasteiger partial charge in [-0.3, -0.25) is 19.1 Å². The van der Waals surface area contributed by atoms with Crippen LogP contribution in [0.3, 0.4) is 0 Å². The highest BCUT2D eigenvalue weighted by Gasteiger charge is 2.48. The molecule has 1 aliphatic carbocycles. The molecule has 0 bridgehead atoms. The Balaban J connectivity index is 1.37. The Morgan fingerprint density at radius 2 is 1.76 bits per heavy atom. The molecule has 3 aliphatic rings. The molecule has 2 N–H and O–H groups in total. The van der Waals surface area contributed by atoms with Gasteiger partial charge in [-0.25, -0.2) is 0 Å². The van der Waals surface area contributed by atoms with Crippen molar-refractivity contribution in [1.29, 1.82) is 0 Å². The summed E-state index contributed by atoms with van der Waals surface area (Å²) in [6.45, 7) is 13.8. The summed E-state index contributed by atoms with van der Waals surface area (Å²) in [5.74, 6) is -0.639. The average molecular weight is 516 g/mol. The van der Waals surface area contributed by atoms with Gasteiger partial charge in [-0.1, -0.05) is 33.1 Å². The highest BCUT2D eigenvalue weighted by Crippen LogP contribution is 2.29. The zero-order chi connectivity index (χ0) is 26.4. The van der Waals surface area contributed by atoms with E-state index in [1.807, 2.05) is 6.92 Å². The van der Waals surface area contributed by atoms with E-state index in [1.54, 1.807) is 15.6 Å². The third-order valence-corrected chi connectivity index (χ3v) is 8.29. The van der Waals surface area contributed by atoms with Gasteiger partial charge in [0.2, 0.25) is 5.91 Å². The van der Waals surface area contributed by atoms with Gasteiger partial charge in [-0.15, -0.1) is 0 Å². The lowest BCUT2D eigenvalue weighted by molar-refractivity contribution is -0.133. The van der Waals surface area contributed by atoms with Gasteiger partial charge in [0.1, 0.15) is 11.2 Å². The topological polar surface area (TPSA) is 103 Å². The Labute approximate surface area is 221 Å². The molecule has 0 spiro atoms. The van der Waals surface area contributed by atoms with Crippen LogP contribution in [-0.2, 0) is 11.3 Å². The fourth-order valence-electron chi connectivity index (χ4n) is 5.75. The molecule has 10 nitrogen and oxygen atoms in total. The molecular weight excluding hydrogens is 470 g/mol. The van der Waals surface area contributed by atoms with Gasteiger partial charge in [0.15, 0.2) is 5.69 Å². The Bertz CT molecular complexity index is 950. The first kappa shape index (κ1) is 27.6. The lowest BCUT2D eigenvalue weighted by Crippen LogP contribution is -2.65. The van der Waals surface area contributed by atoms with E-state index in [2.05, 4.69) is 39.4 Å². The third kappa shape index (κ3) is 6.34. The zero-order valence-corrected chi connectivity index (χ0v) is 22.9. The van der Waals surface area contributed by atoms with E-state index < -0.39 is 5.54 Å². The van der Waals surface area contributed by atoms with Crippen LogP contribution in [0.15, 0.2) is 6.07 Å². The normalized spacial score (nSPS) is 23.3. The molecule has 1 aromatic heterocycles. The fraction of sp³-hybridized carbons (Fsp3) is 0.778. The van der Waals surface area contributed by atoms with Crippen molar-refractivity contribution in [2.24, 2.45) is 0 Å². The van der Waals surface area contributed by atoms with Crippen LogP contribution >= 0.6 is 0 Å². The predicted octanol–water partition coefficient (Wildman–Crippen LogP) is 1.71. The molecule has 4 rings (SSSR count). The number of unbranched alkanes of at least 4 members (excludes halogenated alkanes) is 1. The van der Waals surface area contributed by atoms with E-state index in [4.69, 9.17) is 0 Å². The van der Waals surface area contributed by atoms with Gasteiger partial charge in [-0.05, 0) is 45.7 Å². The van der Waals surface area contributed by atoms with Gasteiger partial charge in [-0.2, -0.15) is 5.10 Å². The Kier molecular flexibility index (Phi) is 9.23. The summed E-state index contributed by atoms with van der Waals surface area (Å²) in [4.78, 5) is 46.4. The van der Waals surface area contributed by atoms with Gasteiger partial charge < -0.3 is 25.3 Å². The smallest absolute Gasteiger partial charge is 0.273 e. The number of amides is 3. The number of aromatic nitrogens is 2. The molecule has 3 amide bonds. The van der Waals surface area contributed by atoms with Crippen molar-refractivity contribution in [3.63, 3.8) is 0 Å². The lowest BCUT2D eigenvalue weighted by Gasteiger charge is -2.43. The second-order valence-corrected chi connectivity index (χ2v) is 11.0. The Morgan fingerprint density at radius 1 is 1.05 bits per heavy atom. The van der Waals surface area contributed by atoms with E-state index >= 15 is 0 Å². The minimum Gasteiger partial charge on any atom is -0.351 e. The molecule has 0 radical (unpaired) electrons. The number of hydrogen-bond acceptors (Lipinski definition) is 6. The SMILES string of the molecule is CCCCN1C(=O)c2cc(C(=O)NCCCN3CCN(CC)CC3)nn2C[C@@]1(C)C(=O)NC1CCCC1. The van der Waals surface area contributed by atoms with Gasteiger partial charge >= 0.3 is 0 Å². The molecule has 3 heterocycles. The molecule has 1 aromatic rings. The van der Waals surface area contributed by atoms with Gasteiger partial charge in [0.25, 0.3) is 11.8 Å². The van der Waals surface area contributed by atoms with Crippen molar-refractivity contribution in [1.82, 2.24) is 35.1 Å². The summed E-state index contributed by atoms with van der Waals surface area (Å²) in [6, 6.07) is 1.75. The van der Waals surface area contributed by atoms with Crippen molar-refractivity contribution >= 4 is 17.7 Å². The monoisotopic (exact) mass is 515 g/mol. The maximum absolute atomic E-state index is 13.5. The van der Waals surface area contributed by atoms with Crippen LogP contribution in [0.1, 0.15) is 86.7 Å². The molecule has 10 heteroatoms. The van der Waals surface area contributed by atoms with Crippen molar-refractivity contribution < 1.29 is 14.4 Å². The number of piperazine rings is 1. The summed E-state index contributed by atoms with van der Waals surface area (Å²) in [5.41, 5.74) is -0.430. The Morgan fingerprint density at radius 3 is 2.43 bits per heavy atom. The molecular formula is C27H45N7O3. The van der Waals surface area contributed by atoms with Crippen molar-refractivity contribution in [2.75, 3.05) is 52.4 Å². The first-order chi connectivity index (χ1) is 17.9. The molecule has 2 fully saturated rings. The number of likely N-dealkylation sites (N-methyl/N-ethyl adjacent to an activating group) is 1. The largest absolute Gasteiger partial charge is 0.351 e. The van der Waals surface area contributed by atoms with Crippen LogP contribution in [0, 0.1) is 0 Å². The average Bonchev–Trinajstić information content (AvgIpc) is 3.57. The number of carbonyl (C=O) groups excluding carboxylic acids is 3. The van der Waals surface area contributed by atoms with E-state index in [9.17, 15) is 14.4 Å². The summed E-state index contributed by atoms with van der Waals surface area (Å²) in [6.07, 6.45) is 6.82. The van der Waals surface area contributed by atoms with E-state index in [-0.39, 0.29) is 36.0 Å². The highest BCUT2D eigenvalue weighted by atomic mass is 16.2. The number of nitrogens with zero attached hydrogens (tertiary/aromatic N) is 5. The van der Waals surface area contributed by atoms with Crippen LogP contribution in [0.5, 0.6) is 0 Å². The molecule has 2 aliphatic heterocycles. The lowest BCUT2D eigenvalue weighted by atomic mass is 9.94. The number of fused-ring (bicyclic) bond motifs is 1. The van der Waals surface area contributed by atoms with E-state index in [0.717, 1.165) is 84.2 Å². The second kappa shape index (κ2) is 12.4. The highest BCUT2D eigenvalue weighted by molar-refractivity contribution is 6.01. The summed E-state index contributed by atoms with van der Waals surface area (Å²) in [7, 11) is 0. The third-order valence-electron chi connectivity index (χ3n) is 8.29. The van der Waals surface area contributed by atoms with Crippen LogP contribution in [0.25, 0.3) is 0 Å². The molecule has 1 saturated carbocycles. The fourth-order valence-corrected chi connectivity index (χ4v) is 5.75. The standard InChI is InChI=1S/C27H45N7O3/c1-4-6-14-33-25(36)23-19-22(24(35)28-12-9-13-32-17-15-31(5-2)16-18-32)30-34(23)20-27(33,3)26(37)29-21-10-7-8-11-21/h19,21H,4-18,20H2,1-3H3,(H,28,35)(H,29,37)/t27-/m0/s1. The number of nitrogens with one attached hydrogen (secondary N) is 2. The first-order valence-corrected chi connectivity index (χ1v) is 14.3. The molecule has 1 atom stereocenters. The summed E-state index contributed by atoms with van der Waals surface area (Å²) >= 11 is 0.